The molecular formula is C11H13NO. The Hall–Kier alpha value is -1.05. The quantitative estimate of drug-likeness (QED) is 0.607. The Morgan fingerprint density at radius 1 is 1.08 bits per heavy atom. The summed E-state index contributed by atoms with van der Waals surface area (Å²) in [5, 5.41) is 3.41. The molecule has 3 rings (SSSR count). The van der Waals surface area contributed by atoms with Crippen LogP contribution in [0.3, 0.4) is 0 Å². The first-order valence-electron chi connectivity index (χ1n) is 5.08. The van der Waals surface area contributed by atoms with E-state index in [1.54, 1.807) is 0 Å². The van der Waals surface area contributed by atoms with Crippen LogP contribution in [0.2, 0.25) is 0 Å². The second-order valence-electron chi connectivity index (χ2n) is 4.07. The SMILES string of the molecule is O=C1CCCC2=C1CC1=C2NCC1. The number of nitrogens with one attached hydrogen (secondary N) is 1. The van der Waals surface area contributed by atoms with Crippen LogP contribution in [0.25, 0.3) is 0 Å². The maximum Gasteiger partial charge on any atom is 0.159 e. The number of hydrogen-bond donors (Lipinski definition) is 1. The third kappa shape index (κ3) is 0.916. The van der Waals surface area contributed by atoms with Gasteiger partial charge in [0.25, 0.3) is 0 Å². The van der Waals surface area contributed by atoms with Gasteiger partial charge in [-0.05, 0) is 36.8 Å². The van der Waals surface area contributed by atoms with Crippen LogP contribution in [-0.4, -0.2) is 12.3 Å². The number of Topliss-reactive ketones (excluding diaryl/α,β-unsaturated/α-hetero) is 1. The topological polar surface area (TPSA) is 29.1 Å². The molecule has 1 N–H and O–H groups in total. The van der Waals surface area contributed by atoms with Gasteiger partial charge in [0, 0.05) is 24.2 Å². The molecule has 0 aromatic rings. The highest BCUT2D eigenvalue weighted by molar-refractivity contribution is 5.99. The molecule has 68 valence electrons. The van der Waals surface area contributed by atoms with Crippen molar-refractivity contribution in [1.29, 1.82) is 0 Å². The predicted octanol–water partition coefficient (Wildman–Crippen LogP) is 1.69. The van der Waals surface area contributed by atoms with Crippen LogP contribution in [0.4, 0.5) is 0 Å². The van der Waals surface area contributed by atoms with Crippen molar-refractivity contribution in [2.75, 3.05) is 6.54 Å². The molecule has 0 spiro atoms. The van der Waals surface area contributed by atoms with Gasteiger partial charge >= 0.3 is 0 Å². The molecule has 0 saturated heterocycles. The monoisotopic (exact) mass is 175 g/mol. The van der Waals surface area contributed by atoms with Crippen LogP contribution in [0.15, 0.2) is 22.4 Å². The molecule has 2 nitrogen and oxygen atoms in total. The summed E-state index contributed by atoms with van der Waals surface area (Å²) >= 11 is 0. The minimum absolute atomic E-state index is 0.400. The Morgan fingerprint density at radius 3 is 2.92 bits per heavy atom. The van der Waals surface area contributed by atoms with E-state index in [4.69, 9.17) is 0 Å². The lowest BCUT2D eigenvalue weighted by molar-refractivity contribution is -0.116. The van der Waals surface area contributed by atoms with Crippen molar-refractivity contribution < 1.29 is 4.79 Å². The van der Waals surface area contributed by atoms with Crippen molar-refractivity contribution in [3.63, 3.8) is 0 Å². The van der Waals surface area contributed by atoms with Crippen LogP contribution < -0.4 is 5.32 Å². The molecule has 0 aromatic carbocycles. The van der Waals surface area contributed by atoms with Gasteiger partial charge in [0.2, 0.25) is 0 Å². The zero-order valence-electron chi connectivity index (χ0n) is 7.65. The fourth-order valence-corrected chi connectivity index (χ4v) is 2.68. The minimum atomic E-state index is 0.400. The molecule has 0 bridgehead atoms. The molecule has 0 saturated carbocycles. The van der Waals surface area contributed by atoms with Crippen LogP contribution >= 0.6 is 0 Å². The second-order valence-corrected chi connectivity index (χ2v) is 4.07. The molecule has 3 aliphatic rings. The Morgan fingerprint density at radius 2 is 2.00 bits per heavy atom. The number of carbonyl (C=O) groups is 1. The Kier molecular flexibility index (Phi) is 1.40. The third-order valence-electron chi connectivity index (χ3n) is 3.31. The largest absolute Gasteiger partial charge is 0.385 e. The van der Waals surface area contributed by atoms with Crippen LogP contribution in [0.5, 0.6) is 0 Å². The van der Waals surface area contributed by atoms with E-state index in [-0.39, 0.29) is 0 Å². The van der Waals surface area contributed by atoms with E-state index < -0.39 is 0 Å². The van der Waals surface area contributed by atoms with E-state index in [1.807, 2.05) is 0 Å². The van der Waals surface area contributed by atoms with Gasteiger partial charge in [0.15, 0.2) is 5.78 Å². The van der Waals surface area contributed by atoms with Gasteiger partial charge in [0.1, 0.15) is 0 Å². The summed E-state index contributed by atoms with van der Waals surface area (Å²) in [5.74, 6) is 0.400. The van der Waals surface area contributed by atoms with Gasteiger partial charge in [-0.25, -0.2) is 0 Å². The fraction of sp³-hybridized carbons (Fsp3) is 0.545. The van der Waals surface area contributed by atoms with Crippen molar-refractivity contribution in [3.8, 4) is 0 Å². The van der Waals surface area contributed by atoms with Crippen molar-refractivity contribution in [3.05, 3.63) is 22.4 Å². The number of rotatable bonds is 0. The predicted molar refractivity (Wildman–Crippen MR) is 50.1 cm³/mol. The minimum Gasteiger partial charge on any atom is -0.385 e. The molecule has 0 amide bonds. The maximum absolute atomic E-state index is 11.6. The number of fused-ring (bicyclic) bond motifs is 1. The Balaban J connectivity index is 2.04. The highest BCUT2D eigenvalue weighted by Gasteiger charge is 2.32. The van der Waals surface area contributed by atoms with Gasteiger partial charge < -0.3 is 5.32 Å². The second kappa shape index (κ2) is 2.47. The van der Waals surface area contributed by atoms with E-state index >= 15 is 0 Å². The van der Waals surface area contributed by atoms with E-state index in [2.05, 4.69) is 5.32 Å². The molecule has 13 heavy (non-hydrogen) atoms. The summed E-state index contributed by atoms with van der Waals surface area (Å²) in [7, 11) is 0. The lowest BCUT2D eigenvalue weighted by atomic mass is 9.91. The molecule has 1 heterocycles. The number of allylic oxidation sites excluding steroid dienone is 2. The van der Waals surface area contributed by atoms with Crippen LogP contribution in [0.1, 0.15) is 32.1 Å². The highest BCUT2D eigenvalue weighted by Crippen LogP contribution is 2.41. The van der Waals surface area contributed by atoms with Gasteiger partial charge in [-0.15, -0.1) is 0 Å². The Bertz CT molecular complexity index is 349. The lowest BCUT2D eigenvalue weighted by Crippen LogP contribution is -2.15. The van der Waals surface area contributed by atoms with Crippen molar-refractivity contribution >= 4 is 5.78 Å². The standard InChI is InChI=1S/C11H13NO/c13-10-3-1-2-8-9(10)6-7-4-5-12-11(7)8/h12H,1-6H2. The number of carbonyl (C=O) groups excluding carboxylic acids is 1. The summed E-state index contributed by atoms with van der Waals surface area (Å²) in [4.78, 5) is 11.6. The molecule has 0 aromatic heterocycles. The van der Waals surface area contributed by atoms with E-state index in [1.165, 1.54) is 16.8 Å². The van der Waals surface area contributed by atoms with Crippen LogP contribution in [0, 0.1) is 0 Å². The average molecular weight is 175 g/mol. The summed E-state index contributed by atoms with van der Waals surface area (Å²) in [6.45, 7) is 1.08. The van der Waals surface area contributed by atoms with Crippen LogP contribution in [-0.2, 0) is 4.79 Å². The molecule has 1 aliphatic heterocycles. The molecule has 2 aliphatic carbocycles. The van der Waals surface area contributed by atoms with E-state index in [9.17, 15) is 4.79 Å². The van der Waals surface area contributed by atoms with Gasteiger partial charge in [-0.3, -0.25) is 4.79 Å². The summed E-state index contributed by atoms with van der Waals surface area (Å²) < 4.78 is 0. The normalized spacial score (nSPS) is 26.3. The van der Waals surface area contributed by atoms with Crippen molar-refractivity contribution in [1.82, 2.24) is 5.32 Å². The first-order valence-corrected chi connectivity index (χ1v) is 5.08. The summed E-state index contributed by atoms with van der Waals surface area (Å²) in [6.07, 6.45) is 5.05. The number of ketones is 1. The first-order chi connectivity index (χ1) is 6.36. The average Bonchev–Trinajstić information content (AvgIpc) is 2.65. The molecule has 0 radical (unpaired) electrons. The smallest absolute Gasteiger partial charge is 0.159 e. The maximum atomic E-state index is 11.6. The third-order valence-corrected chi connectivity index (χ3v) is 3.31. The van der Waals surface area contributed by atoms with Gasteiger partial charge in [0.05, 0.1) is 0 Å². The molecule has 2 heteroatoms. The van der Waals surface area contributed by atoms with E-state index in [0.717, 1.165) is 44.2 Å². The Labute approximate surface area is 77.7 Å². The fourth-order valence-electron chi connectivity index (χ4n) is 2.68. The first kappa shape index (κ1) is 7.36. The molecule has 0 unspecified atom stereocenters. The van der Waals surface area contributed by atoms with Crippen molar-refractivity contribution in [2.45, 2.75) is 32.1 Å². The lowest BCUT2D eigenvalue weighted by Gasteiger charge is -2.15. The molecule has 0 fully saturated rings. The summed E-state index contributed by atoms with van der Waals surface area (Å²) in [6, 6.07) is 0. The zero-order chi connectivity index (χ0) is 8.84. The highest BCUT2D eigenvalue weighted by atomic mass is 16.1. The zero-order valence-corrected chi connectivity index (χ0v) is 7.65. The molecular weight excluding hydrogens is 162 g/mol. The van der Waals surface area contributed by atoms with Crippen molar-refractivity contribution in [2.24, 2.45) is 0 Å². The van der Waals surface area contributed by atoms with E-state index in [0.29, 0.717) is 5.78 Å². The number of hydrogen-bond acceptors (Lipinski definition) is 2. The van der Waals surface area contributed by atoms with Gasteiger partial charge in [-0.2, -0.15) is 0 Å². The van der Waals surface area contributed by atoms with Gasteiger partial charge in [-0.1, -0.05) is 0 Å². The molecule has 0 atom stereocenters. The summed E-state index contributed by atoms with van der Waals surface area (Å²) in [5.41, 5.74) is 5.30.